The summed E-state index contributed by atoms with van der Waals surface area (Å²) in [7, 11) is 1.47. The molecule has 0 aliphatic carbocycles. The van der Waals surface area contributed by atoms with Crippen molar-refractivity contribution in [2.45, 2.75) is 46.2 Å². The van der Waals surface area contributed by atoms with Crippen LogP contribution >= 0.6 is 0 Å². The van der Waals surface area contributed by atoms with Gasteiger partial charge in [-0.05, 0) is 27.2 Å². The van der Waals surface area contributed by atoms with E-state index in [9.17, 15) is 9.59 Å². The molecule has 1 aromatic rings. The fourth-order valence-corrected chi connectivity index (χ4v) is 2.22. The van der Waals surface area contributed by atoms with Crippen LogP contribution in [0.5, 0.6) is 0 Å². The molecule has 0 bridgehead atoms. The molecular weight excluding hydrogens is 262 g/mol. The number of carboxylic acids is 1. The maximum atomic E-state index is 12.1. The van der Waals surface area contributed by atoms with Crippen LogP contribution in [0, 0.1) is 13.8 Å². The molecule has 0 aromatic carbocycles. The van der Waals surface area contributed by atoms with Gasteiger partial charge in [0.2, 0.25) is 0 Å². The summed E-state index contributed by atoms with van der Waals surface area (Å²) >= 11 is 0. The van der Waals surface area contributed by atoms with Crippen molar-refractivity contribution in [1.82, 2.24) is 15.4 Å². The lowest BCUT2D eigenvalue weighted by Gasteiger charge is -2.26. The van der Waals surface area contributed by atoms with Gasteiger partial charge in [-0.1, -0.05) is 12.1 Å². The van der Waals surface area contributed by atoms with Gasteiger partial charge in [-0.3, -0.25) is 0 Å². The van der Waals surface area contributed by atoms with Gasteiger partial charge >= 0.3 is 12.0 Å². The topological polar surface area (TPSA) is 95.7 Å². The van der Waals surface area contributed by atoms with E-state index < -0.39 is 18.0 Å². The van der Waals surface area contributed by atoms with E-state index in [0.29, 0.717) is 17.9 Å². The SMILES string of the molecule is CCC(C(=O)O)N(C)C(=O)NC(C)c1c(C)noc1C. The second kappa shape index (κ2) is 6.40. The largest absolute Gasteiger partial charge is 0.480 e. The number of hydrogen-bond acceptors (Lipinski definition) is 4. The Kier molecular flexibility index (Phi) is 5.12. The first-order valence-electron chi connectivity index (χ1n) is 6.48. The van der Waals surface area contributed by atoms with Gasteiger partial charge in [0, 0.05) is 12.6 Å². The number of amides is 2. The lowest BCUT2D eigenvalue weighted by molar-refractivity contribution is -0.141. The lowest BCUT2D eigenvalue weighted by atomic mass is 10.1. The second-order valence-electron chi connectivity index (χ2n) is 4.78. The van der Waals surface area contributed by atoms with Crippen molar-refractivity contribution in [2.24, 2.45) is 0 Å². The number of aryl methyl sites for hydroxylation is 2. The second-order valence-corrected chi connectivity index (χ2v) is 4.78. The third-order valence-electron chi connectivity index (χ3n) is 3.32. The summed E-state index contributed by atoms with van der Waals surface area (Å²) in [6.45, 7) is 7.10. The number of nitrogens with one attached hydrogen (secondary N) is 1. The van der Waals surface area contributed by atoms with Gasteiger partial charge in [0.15, 0.2) is 0 Å². The Balaban J connectivity index is 2.78. The Morgan fingerprint density at radius 2 is 2.05 bits per heavy atom. The predicted molar refractivity (Wildman–Crippen MR) is 72.4 cm³/mol. The van der Waals surface area contributed by atoms with Gasteiger partial charge in [0.05, 0.1) is 11.7 Å². The minimum absolute atomic E-state index is 0.303. The Morgan fingerprint density at radius 1 is 1.45 bits per heavy atom. The lowest BCUT2D eigenvalue weighted by Crippen LogP contribution is -2.47. The third kappa shape index (κ3) is 3.28. The quantitative estimate of drug-likeness (QED) is 0.859. The fraction of sp³-hybridized carbons (Fsp3) is 0.615. The molecule has 1 aromatic heterocycles. The van der Waals surface area contributed by atoms with Crippen molar-refractivity contribution in [2.75, 3.05) is 7.05 Å². The highest BCUT2D eigenvalue weighted by Gasteiger charge is 2.26. The summed E-state index contributed by atoms with van der Waals surface area (Å²) in [4.78, 5) is 24.3. The van der Waals surface area contributed by atoms with E-state index >= 15 is 0 Å². The molecule has 7 heteroatoms. The molecule has 20 heavy (non-hydrogen) atoms. The number of carbonyl (C=O) groups is 2. The van der Waals surface area contributed by atoms with E-state index in [-0.39, 0.29) is 6.04 Å². The molecule has 2 N–H and O–H groups in total. The van der Waals surface area contributed by atoms with E-state index in [1.54, 1.807) is 27.7 Å². The van der Waals surface area contributed by atoms with Crippen LogP contribution < -0.4 is 5.32 Å². The number of carbonyl (C=O) groups excluding carboxylic acids is 1. The Labute approximate surface area is 117 Å². The molecular formula is C13H21N3O4. The van der Waals surface area contributed by atoms with Crippen LogP contribution in [0.3, 0.4) is 0 Å². The van der Waals surface area contributed by atoms with E-state index in [1.165, 1.54) is 11.9 Å². The zero-order valence-corrected chi connectivity index (χ0v) is 12.4. The molecule has 0 aliphatic heterocycles. The van der Waals surface area contributed by atoms with Crippen molar-refractivity contribution < 1.29 is 19.2 Å². The van der Waals surface area contributed by atoms with E-state index in [1.807, 2.05) is 0 Å². The normalized spacial score (nSPS) is 13.7. The molecule has 0 spiro atoms. The van der Waals surface area contributed by atoms with Crippen LogP contribution in [0.4, 0.5) is 4.79 Å². The number of likely N-dealkylation sites (N-methyl/N-ethyl adjacent to an activating group) is 1. The highest BCUT2D eigenvalue weighted by Crippen LogP contribution is 2.21. The number of hydrogen-bond donors (Lipinski definition) is 2. The number of carboxylic acid groups (broad SMARTS) is 1. The van der Waals surface area contributed by atoms with Crippen LogP contribution in [-0.4, -0.2) is 40.3 Å². The summed E-state index contributed by atoms with van der Waals surface area (Å²) in [6, 6.07) is -1.58. The van der Waals surface area contributed by atoms with E-state index in [0.717, 1.165) is 5.56 Å². The summed E-state index contributed by atoms with van der Waals surface area (Å²) in [5.74, 6) is -0.377. The molecule has 0 fully saturated rings. The van der Waals surface area contributed by atoms with Gasteiger partial charge in [0.25, 0.3) is 0 Å². The molecule has 2 unspecified atom stereocenters. The highest BCUT2D eigenvalue weighted by molar-refractivity contribution is 5.82. The first kappa shape index (κ1) is 16.0. The maximum absolute atomic E-state index is 12.1. The average molecular weight is 283 g/mol. The number of urea groups is 1. The van der Waals surface area contributed by atoms with Crippen LogP contribution in [0.2, 0.25) is 0 Å². The third-order valence-corrected chi connectivity index (χ3v) is 3.32. The van der Waals surface area contributed by atoms with Crippen molar-refractivity contribution in [1.29, 1.82) is 0 Å². The molecule has 0 radical (unpaired) electrons. The zero-order chi connectivity index (χ0) is 15.4. The number of aliphatic carboxylic acids is 1. The van der Waals surface area contributed by atoms with E-state index in [4.69, 9.17) is 9.63 Å². The summed E-state index contributed by atoms with van der Waals surface area (Å²) in [6.07, 6.45) is 0.346. The van der Waals surface area contributed by atoms with Crippen LogP contribution in [-0.2, 0) is 4.79 Å². The van der Waals surface area contributed by atoms with E-state index in [2.05, 4.69) is 10.5 Å². The number of rotatable bonds is 5. The van der Waals surface area contributed by atoms with Crippen LogP contribution in [0.1, 0.15) is 43.3 Å². The maximum Gasteiger partial charge on any atom is 0.326 e. The molecule has 1 heterocycles. The summed E-state index contributed by atoms with van der Waals surface area (Å²) in [5.41, 5.74) is 1.53. The fourth-order valence-electron chi connectivity index (χ4n) is 2.22. The first-order valence-corrected chi connectivity index (χ1v) is 6.48. The average Bonchev–Trinajstić information content (AvgIpc) is 2.69. The first-order chi connectivity index (χ1) is 9.29. The molecule has 0 saturated heterocycles. The van der Waals surface area contributed by atoms with Crippen molar-refractivity contribution >= 4 is 12.0 Å². The minimum atomic E-state index is -1.02. The Morgan fingerprint density at radius 3 is 2.45 bits per heavy atom. The van der Waals surface area contributed by atoms with Crippen LogP contribution in [0.15, 0.2) is 4.52 Å². The number of aromatic nitrogens is 1. The molecule has 0 saturated carbocycles. The van der Waals surface area contributed by atoms with Gasteiger partial charge in [-0.25, -0.2) is 9.59 Å². The standard InChI is InChI=1S/C13H21N3O4/c1-6-10(12(17)18)16(5)13(19)14-7(2)11-8(3)15-20-9(11)4/h7,10H,6H2,1-5H3,(H,14,19)(H,17,18). The van der Waals surface area contributed by atoms with Crippen LogP contribution in [0.25, 0.3) is 0 Å². The Bertz CT molecular complexity index is 478. The van der Waals surface area contributed by atoms with Crippen molar-refractivity contribution in [3.63, 3.8) is 0 Å². The van der Waals surface area contributed by atoms with Gasteiger partial charge in [-0.2, -0.15) is 0 Å². The van der Waals surface area contributed by atoms with Crippen molar-refractivity contribution in [3.8, 4) is 0 Å². The monoisotopic (exact) mass is 283 g/mol. The molecule has 2 atom stereocenters. The zero-order valence-electron chi connectivity index (χ0n) is 12.4. The Hall–Kier alpha value is -2.05. The smallest absolute Gasteiger partial charge is 0.326 e. The molecule has 112 valence electrons. The van der Waals surface area contributed by atoms with Gasteiger partial charge < -0.3 is 19.8 Å². The minimum Gasteiger partial charge on any atom is -0.480 e. The molecule has 0 aliphatic rings. The van der Waals surface area contributed by atoms with Gasteiger partial charge in [-0.15, -0.1) is 0 Å². The highest BCUT2D eigenvalue weighted by atomic mass is 16.5. The molecule has 7 nitrogen and oxygen atoms in total. The molecule has 1 rings (SSSR count). The number of nitrogens with zero attached hydrogens (tertiary/aromatic N) is 2. The molecule has 2 amide bonds. The summed E-state index contributed by atoms with van der Waals surface area (Å²) < 4.78 is 5.06. The predicted octanol–water partition coefficient (Wildman–Crippen LogP) is 1.86. The van der Waals surface area contributed by atoms with Crippen molar-refractivity contribution in [3.05, 3.63) is 17.0 Å². The van der Waals surface area contributed by atoms with Gasteiger partial charge in [0.1, 0.15) is 11.8 Å². The summed E-state index contributed by atoms with van der Waals surface area (Å²) in [5, 5.41) is 15.6.